The van der Waals surface area contributed by atoms with E-state index in [0.717, 1.165) is 4.90 Å². The van der Waals surface area contributed by atoms with Crippen LogP contribution in [0, 0.1) is 5.82 Å². The first kappa shape index (κ1) is 13.9. The molecule has 0 N–H and O–H groups in total. The highest BCUT2D eigenvalue weighted by Gasteiger charge is 2.37. The lowest BCUT2D eigenvalue weighted by molar-refractivity contribution is -0.136. The monoisotopic (exact) mass is 277 g/mol. The summed E-state index contributed by atoms with van der Waals surface area (Å²) in [6.45, 7) is 1.44. The molecule has 104 valence electrons. The fourth-order valence-electron chi connectivity index (χ4n) is 1.96. The van der Waals surface area contributed by atoms with Gasteiger partial charge in [0.1, 0.15) is 5.82 Å². The Morgan fingerprint density at radius 3 is 2.75 bits per heavy atom. The molecule has 0 fully saturated rings. The van der Waals surface area contributed by atoms with Crippen LogP contribution in [0.4, 0.5) is 10.1 Å². The number of nitrogens with zero attached hydrogens (tertiary/aromatic N) is 1. The molecule has 0 saturated heterocycles. The van der Waals surface area contributed by atoms with Crippen molar-refractivity contribution in [2.24, 2.45) is 0 Å². The Bertz CT molecular complexity index is 636. The molecular formula is C14H12FNO4. The Balaban J connectivity index is 2.33. The van der Waals surface area contributed by atoms with E-state index in [9.17, 15) is 18.8 Å². The Kier molecular flexibility index (Phi) is 3.65. The molecule has 0 radical (unpaired) electrons. The molecule has 6 heteroatoms. The van der Waals surface area contributed by atoms with Gasteiger partial charge in [0, 0.05) is 12.1 Å². The molecule has 0 unspecified atom stereocenters. The molecule has 1 aliphatic heterocycles. The fraction of sp³-hybridized carbons (Fsp3) is 0.214. The minimum atomic E-state index is -0.806. The van der Waals surface area contributed by atoms with Gasteiger partial charge >= 0.3 is 5.97 Å². The second kappa shape index (κ2) is 5.24. The van der Waals surface area contributed by atoms with E-state index in [1.54, 1.807) is 0 Å². The van der Waals surface area contributed by atoms with E-state index in [-0.39, 0.29) is 23.4 Å². The molecule has 1 aliphatic rings. The van der Waals surface area contributed by atoms with Crippen molar-refractivity contribution in [3.05, 3.63) is 41.2 Å². The Morgan fingerprint density at radius 1 is 1.40 bits per heavy atom. The molecule has 0 saturated carbocycles. The molecule has 1 aromatic carbocycles. The van der Waals surface area contributed by atoms with Gasteiger partial charge in [0.25, 0.3) is 11.7 Å². The first-order chi connectivity index (χ1) is 9.47. The van der Waals surface area contributed by atoms with Gasteiger partial charge < -0.3 is 4.74 Å². The number of carbonyl (C=O) groups excluding carboxylic acids is 3. The van der Waals surface area contributed by atoms with Crippen molar-refractivity contribution in [2.75, 3.05) is 18.6 Å². The topological polar surface area (TPSA) is 63.7 Å². The predicted molar refractivity (Wildman–Crippen MR) is 68.9 cm³/mol. The van der Waals surface area contributed by atoms with Crippen LogP contribution in [-0.2, 0) is 14.3 Å². The second-order valence-corrected chi connectivity index (χ2v) is 4.26. The third kappa shape index (κ3) is 2.20. The predicted octanol–water partition coefficient (Wildman–Crippen LogP) is 1.47. The van der Waals surface area contributed by atoms with Gasteiger partial charge in [0.2, 0.25) is 0 Å². The minimum absolute atomic E-state index is 0.0409. The number of carbonyl (C=O) groups is 3. The Hall–Kier alpha value is -2.50. The number of hydrogen-bond acceptors (Lipinski definition) is 4. The molecule has 20 heavy (non-hydrogen) atoms. The van der Waals surface area contributed by atoms with Crippen molar-refractivity contribution >= 4 is 23.3 Å². The van der Waals surface area contributed by atoms with Crippen LogP contribution in [-0.4, -0.2) is 31.3 Å². The van der Waals surface area contributed by atoms with Gasteiger partial charge in [-0.25, -0.2) is 9.18 Å². The molecular weight excluding hydrogens is 265 g/mol. The molecule has 0 bridgehead atoms. The first-order valence-corrected chi connectivity index (χ1v) is 5.87. The molecule has 1 heterocycles. The van der Waals surface area contributed by atoms with E-state index >= 15 is 0 Å². The molecule has 0 aromatic heterocycles. The zero-order chi connectivity index (χ0) is 14.9. The lowest BCUT2D eigenvalue weighted by atomic mass is 10.1. The lowest BCUT2D eigenvalue weighted by Crippen LogP contribution is -2.30. The first-order valence-electron chi connectivity index (χ1n) is 5.87. The van der Waals surface area contributed by atoms with E-state index in [1.165, 1.54) is 38.3 Å². The summed E-state index contributed by atoms with van der Waals surface area (Å²) in [4.78, 5) is 35.8. The van der Waals surface area contributed by atoms with Crippen LogP contribution >= 0.6 is 0 Å². The zero-order valence-corrected chi connectivity index (χ0v) is 11.0. The third-order valence-corrected chi connectivity index (χ3v) is 3.03. The zero-order valence-electron chi connectivity index (χ0n) is 11.0. The molecule has 0 atom stereocenters. The van der Waals surface area contributed by atoms with Crippen molar-refractivity contribution in [2.45, 2.75) is 6.92 Å². The number of para-hydroxylation sites is 1. The van der Waals surface area contributed by atoms with Gasteiger partial charge in [-0.1, -0.05) is 12.1 Å². The van der Waals surface area contributed by atoms with Crippen molar-refractivity contribution in [1.82, 2.24) is 0 Å². The highest BCUT2D eigenvalue weighted by atomic mass is 19.1. The summed E-state index contributed by atoms with van der Waals surface area (Å²) in [6.07, 6.45) is 1.42. The highest BCUT2D eigenvalue weighted by molar-refractivity contribution is 6.52. The summed E-state index contributed by atoms with van der Waals surface area (Å²) in [5.41, 5.74) is 0.271. The number of rotatable bonds is 3. The average Bonchev–Trinajstić information content (AvgIpc) is 2.69. The molecule has 2 rings (SSSR count). The van der Waals surface area contributed by atoms with Crippen LogP contribution in [0.25, 0.3) is 0 Å². The summed E-state index contributed by atoms with van der Waals surface area (Å²) in [7, 11) is 1.24. The fourth-order valence-corrected chi connectivity index (χ4v) is 1.96. The molecule has 0 spiro atoms. The number of ether oxygens (including phenoxy) is 1. The number of methoxy groups -OCH3 is 1. The van der Waals surface area contributed by atoms with Gasteiger partial charge in [-0.15, -0.1) is 0 Å². The number of fused-ring (bicyclic) bond motifs is 1. The second-order valence-electron chi connectivity index (χ2n) is 4.26. The van der Waals surface area contributed by atoms with Gasteiger partial charge in [-0.3, -0.25) is 14.5 Å². The van der Waals surface area contributed by atoms with E-state index < -0.39 is 23.5 Å². The smallest absolute Gasteiger partial charge is 0.333 e. The largest absolute Gasteiger partial charge is 0.466 e. The number of amides is 1. The quantitative estimate of drug-likeness (QED) is 0.477. The molecule has 0 aliphatic carbocycles. The van der Waals surface area contributed by atoms with Gasteiger partial charge in [0.15, 0.2) is 0 Å². The number of benzene rings is 1. The molecule has 5 nitrogen and oxygen atoms in total. The van der Waals surface area contributed by atoms with Gasteiger partial charge in [-0.05, 0) is 19.1 Å². The van der Waals surface area contributed by atoms with Crippen LogP contribution in [0.3, 0.4) is 0 Å². The lowest BCUT2D eigenvalue weighted by Gasteiger charge is -2.15. The Labute approximate surface area is 114 Å². The van der Waals surface area contributed by atoms with E-state index in [2.05, 4.69) is 4.74 Å². The van der Waals surface area contributed by atoms with Crippen LogP contribution in [0.5, 0.6) is 0 Å². The van der Waals surface area contributed by atoms with Crippen LogP contribution in [0.1, 0.15) is 17.3 Å². The number of Topliss-reactive ketones (excluding diaryl/α,β-unsaturated/α-hetero) is 1. The maximum absolute atomic E-state index is 13.8. The number of hydrogen-bond donors (Lipinski definition) is 0. The highest BCUT2D eigenvalue weighted by Crippen LogP contribution is 2.31. The summed E-state index contributed by atoms with van der Waals surface area (Å²) in [6, 6.07) is 3.95. The Morgan fingerprint density at radius 2 is 2.10 bits per heavy atom. The number of esters is 1. The minimum Gasteiger partial charge on any atom is -0.466 e. The third-order valence-electron chi connectivity index (χ3n) is 3.03. The summed E-state index contributed by atoms with van der Waals surface area (Å²) in [5.74, 6) is -2.75. The van der Waals surface area contributed by atoms with Crippen molar-refractivity contribution < 1.29 is 23.5 Å². The summed E-state index contributed by atoms with van der Waals surface area (Å²) >= 11 is 0. The van der Waals surface area contributed by atoms with Gasteiger partial charge in [0.05, 0.1) is 18.4 Å². The maximum atomic E-state index is 13.8. The van der Waals surface area contributed by atoms with E-state index in [0.29, 0.717) is 0 Å². The van der Waals surface area contributed by atoms with E-state index in [1.807, 2.05) is 0 Å². The van der Waals surface area contributed by atoms with Gasteiger partial charge in [-0.2, -0.15) is 0 Å². The summed E-state index contributed by atoms with van der Waals surface area (Å²) in [5, 5.41) is 0. The maximum Gasteiger partial charge on any atom is 0.333 e. The van der Waals surface area contributed by atoms with Crippen molar-refractivity contribution in [1.29, 1.82) is 0 Å². The summed E-state index contributed by atoms with van der Waals surface area (Å²) < 4.78 is 18.3. The number of ketones is 1. The molecule has 1 amide bonds. The number of anilines is 1. The van der Waals surface area contributed by atoms with Crippen molar-refractivity contribution in [3.63, 3.8) is 0 Å². The van der Waals surface area contributed by atoms with Crippen LogP contribution < -0.4 is 4.90 Å². The van der Waals surface area contributed by atoms with Crippen LogP contribution in [0.15, 0.2) is 29.8 Å². The standard InChI is InChI=1S/C14H12FNO4/c1-8(14(19)20-2)6-7-16-11-9(12(17)13(16)18)4-3-5-10(11)15/h3-6H,7H2,1-2H3/b8-6+. The SMILES string of the molecule is COC(=O)/C(C)=C/CN1C(=O)C(=O)c2cccc(F)c21. The number of halogens is 1. The van der Waals surface area contributed by atoms with E-state index in [4.69, 9.17) is 0 Å². The van der Waals surface area contributed by atoms with Crippen molar-refractivity contribution in [3.8, 4) is 0 Å². The molecule has 1 aromatic rings. The van der Waals surface area contributed by atoms with Crippen LogP contribution in [0.2, 0.25) is 0 Å². The average molecular weight is 277 g/mol. The normalized spacial score (nSPS) is 14.6.